The minimum Gasteiger partial charge on any atom is -0.248 e. The Balaban J connectivity index is 1.43. The molecule has 0 amide bonds. The van der Waals surface area contributed by atoms with Gasteiger partial charge in [-0.1, -0.05) is 35.5 Å². The first kappa shape index (κ1) is 17.5. The molecule has 4 aromatic rings. The lowest BCUT2D eigenvalue weighted by Gasteiger charge is -2.01. The summed E-state index contributed by atoms with van der Waals surface area (Å²) in [6.07, 6.45) is 8.70. The van der Waals surface area contributed by atoms with Crippen LogP contribution in [0.15, 0.2) is 60.1 Å². The van der Waals surface area contributed by atoms with Crippen LogP contribution in [0.3, 0.4) is 0 Å². The molecule has 0 atom stereocenters. The summed E-state index contributed by atoms with van der Waals surface area (Å²) in [6, 6.07) is 12.1. The van der Waals surface area contributed by atoms with Crippen LogP contribution in [0.2, 0.25) is 0 Å². The van der Waals surface area contributed by atoms with E-state index in [0.29, 0.717) is 12.5 Å². The van der Waals surface area contributed by atoms with Gasteiger partial charge in [-0.2, -0.15) is 14.9 Å². The van der Waals surface area contributed by atoms with E-state index in [1.54, 1.807) is 26.3 Å². The number of rotatable bonds is 6. The van der Waals surface area contributed by atoms with E-state index in [2.05, 4.69) is 42.8 Å². The molecule has 0 unspecified atom stereocenters. The minimum absolute atomic E-state index is 0.532. The summed E-state index contributed by atoms with van der Waals surface area (Å²) >= 11 is 0. The van der Waals surface area contributed by atoms with Gasteiger partial charge in [0.15, 0.2) is 0 Å². The summed E-state index contributed by atoms with van der Waals surface area (Å²) in [5, 5.41) is 25.0. The van der Waals surface area contributed by atoms with Crippen LogP contribution < -0.4 is 0 Å². The maximum atomic E-state index is 4.41. The van der Waals surface area contributed by atoms with E-state index in [-0.39, 0.29) is 0 Å². The largest absolute Gasteiger partial charge is 0.273 e. The van der Waals surface area contributed by atoms with Crippen LogP contribution in [0.5, 0.6) is 0 Å². The predicted molar refractivity (Wildman–Crippen MR) is 105 cm³/mol. The second-order valence-electron chi connectivity index (χ2n) is 6.26. The second-order valence-corrected chi connectivity index (χ2v) is 6.26. The van der Waals surface area contributed by atoms with Gasteiger partial charge >= 0.3 is 0 Å². The molecule has 3 heterocycles. The quantitative estimate of drug-likeness (QED) is 0.484. The Kier molecular flexibility index (Phi) is 4.87. The average Bonchev–Trinajstić information content (AvgIpc) is 3.40. The Hall–Kier alpha value is -3.88. The Bertz CT molecular complexity index is 1120. The summed E-state index contributed by atoms with van der Waals surface area (Å²) in [6.45, 7) is 4.57. The zero-order valence-electron chi connectivity index (χ0n) is 15.6. The molecule has 28 heavy (non-hydrogen) atoms. The number of hydrogen-bond donors (Lipinski definition) is 0. The highest BCUT2D eigenvalue weighted by atomic mass is 15.5. The van der Waals surface area contributed by atoms with Crippen molar-refractivity contribution in [2.24, 2.45) is 5.10 Å². The molecular formula is C19H19N9. The monoisotopic (exact) mass is 373 g/mol. The molecule has 0 aliphatic rings. The zero-order valence-corrected chi connectivity index (χ0v) is 15.6. The smallest absolute Gasteiger partial charge is 0.248 e. The van der Waals surface area contributed by atoms with Gasteiger partial charge in [0.25, 0.3) is 5.95 Å². The van der Waals surface area contributed by atoms with Crippen molar-refractivity contribution in [3.8, 4) is 5.95 Å². The van der Waals surface area contributed by atoms with E-state index in [4.69, 9.17) is 0 Å². The summed E-state index contributed by atoms with van der Waals surface area (Å²) in [4.78, 5) is 0. The molecule has 0 bridgehead atoms. The molecule has 0 N–H and O–H groups in total. The van der Waals surface area contributed by atoms with E-state index in [0.717, 1.165) is 17.1 Å². The summed E-state index contributed by atoms with van der Waals surface area (Å²) < 4.78 is 5.07. The number of aryl methyl sites for hydroxylation is 2. The van der Waals surface area contributed by atoms with Gasteiger partial charge in [0, 0.05) is 11.9 Å². The van der Waals surface area contributed by atoms with E-state index < -0.39 is 0 Å². The molecule has 0 saturated heterocycles. The van der Waals surface area contributed by atoms with Crippen molar-refractivity contribution in [2.75, 3.05) is 0 Å². The molecule has 4 rings (SSSR count). The first-order valence-corrected chi connectivity index (χ1v) is 8.78. The van der Waals surface area contributed by atoms with E-state index in [1.165, 1.54) is 11.9 Å². The number of hydrogen-bond acceptors (Lipinski definition) is 6. The normalized spacial score (nSPS) is 11.8. The Morgan fingerprint density at radius 2 is 1.96 bits per heavy atom. The third kappa shape index (κ3) is 3.93. The Labute approximate surface area is 161 Å². The summed E-state index contributed by atoms with van der Waals surface area (Å²) in [5.74, 6) is 0.532. The van der Waals surface area contributed by atoms with Crippen LogP contribution in [-0.4, -0.2) is 45.9 Å². The molecule has 1 aromatic carbocycles. The van der Waals surface area contributed by atoms with Crippen LogP contribution >= 0.6 is 0 Å². The summed E-state index contributed by atoms with van der Waals surface area (Å²) in [7, 11) is 0. The van der Waals surface area contributed by atoms with Gasteiger partial charge in [-0.25, -0.2) is 9.36 Å². The lowest BCUT2D eigenvalue weighted by atomic mass is 10.2. The topological polar surface area (TPSA) is 91.6 Å². The minimum atomic E-state index is 0.532. The standard InChI is InChI=1S/C19H19N9/c1-15-11-16(2)28(24-15)19-23-20-14-27(19)21-10-6-9-18-13-26(25-22-18)12-17-7-4-3-5-8-17/h3-11,13-14H,12H2,1-2H3/b9-6+,21-10-. The van der Waals surface area contributed by atoms with Gasteiger partial charge < -0.3 is 0 Å². The van der Waals surface area contributed by atoms with Gasteiger partial charge in [-0.15, -0.1) is 15.3 Å². The SMILES string of the molecule is Cc1cc(C)n(-c2nncn2/N=C\C=C\c2cn(Cc3ccccc3)nn2)n1. The van der Waals surface area contributed by atoms with Crippen LogP contribution in [0.4, 0.5) is 0 Å². The molecule has 0 aliphatic heterocycles. The molecular weight excluding hydrogens is 354 g/mol. The van der Waals surface area contributed by atoms with Gasteiger partial charge in [-0.3, -0.25) is 0 Å². The van der Waals surface area contributed by atoms with Crippen LogP contribution in [0, 0.1) is 13.8 Å². The lowest BCUT2D eigenvalue weighted by molar-refractivity contribution is 0.649. The first-order chi connectivity index (χ1) is 13.7. The van der Waals surface area contributed by atoms with Crippen molar-refractivity contribution in [3.05, 3.63) is 77.6 Å². The predicted octanol–water partition coefficient (Wildman–Crippen LogP) is 2.27. The molecule has 0 aliphatic carbocycles. The van der Waals surface area contributed by atoms with Crippen LogP contribution in [0.1, 0.15) is 22.6 Å². The van der Waals surface area contributed by atoms with Crippen molar-refractivity contribution >= 4 is 12.3 Å². The summed E-state index contributed by atoms with van der Waals surface area (Å²) in [5.41, 5.74) is 3.81. The molecule has 0 spiro atoms. The lowest BCUT2D eigenvalue weighted by Crippen LogP contribution is -2.06. The fourth-order valence-electron chi connectivity index (χ4n) is 2.77. The van der Waals surface area contributed by atoms with E-state index in [9.17, 15) is 0 Å². The van der Waals surface area contributed by atoms with Crippen LogP contribution in [-0.2, 0) is 6.54 Å². The zero-order chi connectivity index (χ0) is 19.3. The van der Waals surface area contributed by atoms with Crippen molar-refractivity contribution < 1.29 is 0 Å². The van der Waals surface area contributed by atoms with Gasteiger partial charge in [-0.05, 0) is 37.6 Å². The van der Waals surface area contributed by atoms with Crippen molar-refractivity contribution in [3.63, 3.8) is 0 Å². The Morgan fingerprint density at radius 3 is 2.75 bits per heavy atom. The second kappa shape index (κ2) is 7.78. The van der Waals surface area contributed by atoms with Crippen molar-refractivity contribution in [1.82, 2.24) is 39.6 Å². The molecule has 140 valence electrons. The highest BCUT2D eigenvalue weighted by Crippen LogP contribution is 2.09. The van der Waals surface area contributed by atoms with Gasteiger partial charge in [0.05, 0.1) is 18.4 Å². The fourth-order valence-corrected chi connectivity index (χ4v) is 2.77. The molecule has 9 nitrogen and oxygen atoms in total. The maximum absolute atomic E-state index is 4.41. The average molecular weight is 373 g/mol. The Morgan fingerprint density at radius 1 is 1.11 bits per heavy atom. The van der Waals surface area contributed by atoms with Gasteiger partial charge in [0.1, 0.15) is 12.0 Å². The first-order valence-electron chi connectivity index (χ1n) is 8.78. The third-order valence-electron chi connectivity index (χ3n) is 4.00. The van der Waals surface area contributed by atoms with Crippen LogP contribution in [0.25, 0.3) is 12.0 Å². The fraction of sp³-hybridized carbons (Fsp3) is 0.158. The number of aromatic nitrogens is 8. The van der Waals surface area contributed by atoms with Crippen molar-refractivity contribution in [1.29, 1.82) is 0 Å². The molecule has 9 heteroatoms. The third-order valence-corrected chi connectivity index (χ3v) is 4.00. The number of nitrogens with zero attached hydrogens (tertiary/aromatic N) is 9. The maximum Gasteiger partial charge on any atom is 0.273 e. The molecule has 0 fully saturated rings. The number of allylic oxidation sites excluding steroid dienone is 1. The molecule has 0 saturated carbocycles. The highest BCUT2D eigenvalue weighted by Gasteiger charge is 2.10. The molecule has 3 aromatic heterocycles. The molecule has 0 radical (unpaired) electrons. The van der Waals surface area contributed by atoms with Crippen molar-refractivity contribution in [2.45, 2.75) is 20.4 Å². The van der Waals surface area contributed by atoms with E-state index >= 15 is 0 Å². The highest BCUT2D eigenvalue weighted by molar-refractivity contribution is 5.77. The van der Waals surface area contributed by atoms with Gasteiger partial charge in [0.2, 0.25) is 0 Å². The van der Waals surface area contributed by atoms with E-state index in [1.807, 2.05) is 50.4 Å². The number of benzene rings is 1.